The maximum atomic E-state index is 5.88. The summed E-state index contributed by atoms with van der Waals surface area (Å²) in [4.78, 5) is 6.10. The monoisotopic (exact) mass is 377 g/mol. The van der Waals surface area contributed by atoms with E-state index in [1.165, 1.54) is 0 Å². The molecule has 0 aliphatic heterocycles. The number of para-hydroxylation sites is 1. The Labute approximate surface area is 133 Å². The summed E-state index contributed by atoms with van der Waals surface area (Å²) in [6.45, 7) is 4.82. The van der Waals surface area contributed by atoms with Crippen molar-refractivity contribution in [3.05, 3.63) is 29.8 Å². The number of hydrogen-bond acceptors (Lipinski definition) is 2. The Bertz CT molecular complexity index is 407. The van der Waals surface area contributed by atoms with Crippen molar-refractivity contribution in [1.82, 2.24) is 10.2 Å². The zero-order valence-electron chi connectivity index (χ0n) is 12.3. The van der Waals surface area contributed by atoms with Crippen LogP contribution in [0, 0.1) is 6.92 Å². The molecule has 0 radical (unpaired) electrons. The maximum absolute atomic E-state index is 5.88. The summed E-state index contributed by atoms with van der Waals surface area (Å²) in [5.41, 5.74) is 1.15. The lowest BCUT2D eigenvalue weighted by molar-refractivity contribution is 0.221. The van der Waals surface area contributed by atoms with Crippen LogP contribution >= 0.6 is 24.0 Å². The van der Waals surface area contributed by atoms with E-state index in [1.807, 2.05) is 57.1 Å². The minimum Gasteiger partial charge on any atom is -0.489 e. The summed E-state index contributed by atoms with van der Waals surface area (Å²) in [5, 5.41) is 3.26. The van der Waals surface area contributed by atoms with Crippen LogP contribution in [0.5, 0.6) is 5.75 Å². The average Bonchev–Trinajstić information content (AvgIpc) is 2.32. The molecule has 1 aromatic carbocycles. The zero-order valence-corrected chi connectivity index (χ0v) is 14.6. The van der Waals surface area contributed by atoms with Gasteiger partial charge in [-0.25, -0.2) is 0 Å². The second kappa shape index (κ2) is 9.01. The summed E-state index contributed by atoms with van der Waals surface area (Å²) in [6, 6.07) is 8.04. The molecular weight excluding hydrogens is 353 g/mol. The van der Waals surface area contributed by atoms with E-state index in [4.69, 9.17) is 4.74 Å². The van der Waals surface area contributed by atoms with Gasteiger partial charge in [0.05, 0.1) is 6.54 Å². The molecule has 0 heterocycles. The molecule has 5 heteroatoms. The number of guanidine groups is 1. The van der Waals surface area contributed by atoms with Gasteiger partial charge in [0, 0.05) is 21.1 Å². The Hall–Kier alpha value is -0.980. The molecule has 1 aromatic rings. The van der Waals surface area contributed by atoms with E-state index in [-0.39, 0.29) is 30.1 Å². The summed E-state index contributed by atoms with van der Waals surface area (Å²) in [7, 11) is 5.69. The number of nitrogens with one attached hydrogen (secondary N) is 1. The van der Waals surface area contributed by atoms with Gasteiger partial charge in [0.1, 0.15) is 11.9 Å². The van der Waals surface area contributed by atoms with Gasteiger partial charge in [-0.2, -0.15) is 0 Å². The SMILES string of the molecule is CN=C(NCC(C)Oc1ccccc1C)N(C)C.I. The van der Waals surface area contributed by atoms with E-state index in [0.29, 0.717) is 0 Å². The molecule has 0 aromatic heterocycles. The summed E-state index contributed by atoms with van der Waals surface area (Å²) >= 11 is 0. The highest BCUT2D eigenvalue weighted by atomic mass is 127. The highest BCUT2D eigenvalue weighted by Crippen LogP contribution is 2.17. The minimum atomic E-state index is 0. The third-order valence-electron chi connectivity index (χ3n) is 2.60. The third kappa shape index (κ3) is 6.13. The van der Waals surface area contributed by atoms with Crippen molar-refractivity contribution in [3.8, 4) is 5.75 Å². The smallest absolute Gasteiger partial charge is 0.193 e. The Balaban J connectivity index is 0.00000324. The van der Waals surface area contributed by atoms with Crippen molar-refractivity contribution < 1.29 is 4.74 Å². The highest BCUT2D eigenvalue weighted by Gasteiger charge is 2.07. The molecule has 0 spiro atoms. The van der Waals surface area contributed by atoms with Crippen molar-refractivity contribution in [2.75, 3.05) is 27.7 Å². The summed E-state index contributed by atoms with van der Waals surface area (Å²) in [5.74, 6) is 1.79. The fourth-order valence-electron chi connectivity index (χ4n) is 1.62. The first-order chi connectivity index (χ1) is 8.54. The first-order valence-corrected chi connectivity index (χ1v) is 6.15. The standard InChI is InChI=1S/C14H23N3O.HI/c1-11-8-6-7-9-13(11)18-12(2)10-16-14(15-3)17(4)5;/h6-9,12H,10H2,1-5H3,(H,15,16);1H. The molecule has 1 N–H and O–H groups in total. The lowest BCUT2D eigenvalue weighted by atomic mass is 10.2. The fraction of sp³-hybridized carbons (Fsp3) is 0.500. The molecule has 108 valence electrons. The number of ether oxygens (including phenoxy) is 1. The zero-order chi connectivity index (χ0) is 13.5. The van der Waals surface area contributed by atoms with E-state index >= 15 is 0 Å². The fourth-order valence-corrected chi connectivity index (χ4v) is 1.62. The van der Waals surface area contributed by atoms with Crippen molar-refractivity contribution in [2.45, 2.75) is 20.0 Å². The Morgan fingerprint density at radius 3 is 2.53 bits per heavy atom. The molecule has 0 fully saturated rings. The highest BCUT2D eigenvalue weighted by molar-refractivity contribution is 14.0. The largest absolute Gasteiger partial charge is 0.489 e. The number of halogens is 1. The van der Waals surface area contributed by atoms with Gasteiger partial charge in [-0.3, -0.25) is 4.99 Å². The predicted molar refractivity (Wildman–Crippen MR) is 91.7 cm³/mol. The van der Waals surface area contributed by atoms with Gasteiger partial charge >= 0.3 is 0 Å². The Morgan fingerprint density at radius 1 is 1.37 bits per heavy atom. The number of benzene rings is 1. The van der Waals surface area contributed by atoms with Crippen molar-refractivity contribution in [2.24, 2.45) is 4.99 Å². The van der Waals surface area contributed by atoms with Crippen molar-refractivity contribution >= 4 is 29.9 Å². The van der Waals surface area contributed by atoms with Crippen LogP contribution < -0.4 is 10.1 Å². The molecule has 0 amide bonds. The van der Waals surface area contributed by atoms with Gasteiger partial charge < -0.3 is 15.0 Å². The van der Waals surface area contributed by atoms with E-state index in [2.05, 4.69) is 10.3 Å². The third-order valence-corrected chi connectivity index (χ3v) is 2.60. The van der Waals surface area contributed by atoms with E-state index in [9.17, 15) is 0 Å². The second-order valence-corrected chi connectivity index (χ2v) is 4.52. The minimum absolute atomic E-state index is 0. The normalized spacial score (nSPS) is 12.4. The molecule has 0 aliphatic rings. The lowest BCUT2D eigenvalue weighted by Crippen LogP contribution is -2.41. The van der Waals surface area contributed by atoms with Crippen LogP contribution in [-0.2, 0) is 0 Å². The second-order valence-electron chi connectivity index (χ2n) is 4.52. The van der Waals surface area contributed by atoms with Crippen LogP contribution in [0.3, 0.4) is 0 Å². The molecule has 0 bridgehead atoms. The number of hydrogen-bond donors (Lipinski definition) is 1. The molecule has 4 nitrogen and oxygen atoms in total. The molecule has 19 heavy (non-hydrogen) atoms. The topological polar surface area (TPSA) is 36.9 Å². The van der Waals surface area contributed by atoms with Crippen LogP contribution in [0.1, 0.15) is 12.5 Å². The van der Waals surface area contributed by atoms with E-state index < -0.39 is 0 Å². The number of nitrogens with zero attached hydrogens (tertiary/aromatic N) is 2. The van der Waals surface area contributed by atoms with Gasteiger partial charge in [0.25, 0.3) is 0 Å². The number of rotatable bonds is 4. The van der Waals surface area contributed by atoms with Gasteiger partial charge in [-0.05, 0) is 25.5 Å². The van der Waals surface area contributed by atoms with E-state index in [1.54, 1.807) is 7.05 Å². The first-order valence-electron chi connectivity index (χ1n) is 6.15. The van der Waals surface area contributed by atoms with Crippen LogP contribution in [0.15, 0.2) is 29.3 Å². The molecule has 1 unspecified atom stereocenters. The Morgan fingerprint density at radius 2 is 2.00 bits per heavy atom. The molecular formula is C14H24IN3O. The molecule has 0 aliphatic carbocycles. The van der Waals surface area contributed by atoms with Gasteiger partial charge in [-0.1, -0.05) is 18.2 Å². The summed E-state index contributed by atoms with van der Waals surface area (Å²) in [6.07, 6.45) is 0.0859. The maximum Gasteiger partial charge on any atom is 0.193 e. The molecule has 1 atom stereocenters. The van der Waals surface area contributed by atoms with E-state index in [0.717, 1.165) is 23.8 Å². The molecule has 0 saturated heterocycles. The average molecular weight is 377 g/mol. The van der Waals surface area contributed by atoms with Gasteiger partial charge in [0.15, 0.2) is 5.96 Å². The van der Waals surface area contributed by atoms with Crippen LogP contribution in [0.25, 0.3) is 0 Å². The predicted octanol–water partition coefficient (Wildman–Crippen LogP) is 2.52. The number of aryl methyl sites for hydroxylation is 1. The Kier molecular flexibility index (Phi) is 8.54. The van der Waals surface area contributed by atoms with Crippen LogP contribution in [-0.4, -0.2) is 44.7 Å². The van der Waals surface area contributed by atoms with Crippen LogP contribution in [0.2, 0.25) is 0 Å². The first kappa shape index (κ1) is 18.0. The van der Waals surface area contributed by atoms with Crippen molar-refractivity contribution in [1.29, 1.82) is 0 Å². The molecule has 0 saturated carbocycles. The quantitative estimate of drug-likeness (QED) is 0.498. The van der Waals surface area contributed by atoms with Gasteiger partial charge in [0.2, 0.25) is 0 Å². The van der Waals surface area contributed by atoms with Crippen molar-refractivity contribution in [3.63, 3.8) is 0 Å². The lowest BCUT2D eigenvalue weighted by Gasteiger charge is -2.21. The van der Waals surface area contributed by atoms with Gasteiger partial charge in [-0.15, -0.1) is 24.0 Å². The van der Waals surface area contributed by atoms with Crippen LogP contribution in [0.4, 0.5) is 0 Å². The number of aliphatic imine (C=N–C) groups is 1. The molecule has 1 rings (SSSR count). The summed E-state index contributed by atoms with van der Waals surface area (Å²) < 4.78 is 5.88.